The molecule has 2 aromatic carbocycles. The maximum Gasteiger partial charge on any atom is 0.416 e. The maximum absolute atomic E-state index is 17.8. The van der Waals surface area contributed by atoms with Crippen LogP contribution in [0, 0.1) is 11.8 Å². The van der Waals surface area contributed by atoms with E-state index in [4.69, 9.17) is 14.2 Å². The molecule has 54 heavy (non-hydrogen) atoms. The van der Waals surface area contributed by atoms with Crippen LogP contribution in [0.3, 0.4) is 0 Å². The molecular weight excluding hydrogens is 712 g/mol. The van der Waals surface area contributed by atoms with Gasteiger partial charge in [0.2, 0.25) is 11.6 Å². The molecule has 15 heteroatoms. The van der Waals surface area contributed by atoms with Crippen LogP contribution in [-0.4, -0.2) is 136 Å². The fourth-order valence-electron chi connectivity index (χ4n) is 8.97. The molecule has 4 aliphatic rings. The molecule has 2 aromatic rings. The Hall–Kier alpha value is -3.95. The molecule has 5 atom stereocenters. The summed E-state index contributed by atoms with van der Waals surface area (Å²) in [6.07, 6.45) is -2.38. The van der Waals surface area contributed by atoms with E-state index in [1.165, 1.54) is 25.2 Å². The number of carboxylic acids is 1. The predicted molar refractivity (Wildman–Crippen MR) is 191 cm³/mol. The summed E-state index contributed by atoms with van der Waals surface area (Å²) in [5.74, 6) is -3.59. The summed E-state index contributed by atoms with van der Waals surface area (Å²) in [6.45, 7) is 1.59. The molecule has 0 aliphatic carbocycles. The number of hydrogen-bond donors (Lipinski definition) is 1. The smallest absolute Gasteiger partial charge is 0.416 e. The number of halogens is 4. The topological polar surface area (TPSA) is 112 Å². The molecule has 0 radical (unpaired) electrons. The van der Waals surface area contributed by atoms with Crippen LogP contribution in [0.15, 0.2) is 42.5 Å². The van der Waals surface area contributed by atoms with Crippen molar-refractivity contribution in [2.45, 2.75) is 55.4 Å². The monoisotopic (exact) mass is 762 g/mol. The number of benzene rings is 2. The lowest BCUT2D eigenvalue weighted by molar-refractivity contribution is -0.144. The zero-order valence-corrected chi connectivity index (χ0v) is 31.0. The Labute approximate surface area is 313 Å². The zero-order valence-electron chi connectivity index (χ0n) is 31.0. The first kappa shape index (κ1) is 39.7. The van der Waals surface area contributed by atoms with Gasteiger partial charge in [-0.2, -0.15) is 13.2 Å². The number of rotatable bonds is 12. The third kappa shape index (κ3) is 8.18. The molecule has 0 aromatic heterocycles. The number of piperidine rings is 1. The van der Waals surface area contributed by atoms with E-state index in [1.807, 2.05) is 0 Å². The fraction of sp³-hybridized carbons (Fsp3) is 0.615. The largest absolute Gasteiger partial charge is 0.497 e. The van der Waals surface area contributed by atoms with Crippen LogP contribution in [-0.2, 0) is 30.0 Å². The number of methoxy groups -OCH3 is 3. The molecule has 4 heterocycles. The van der Waals surface area contributed by atoms with Gasteiger partial charge >= 0.3 is 12.1 Å². The Balaban J connectivity index is 1.29. The lowest BCUT2D eigenvalue weighted by Crippen LogP contribution is -2.50. The number of hydrogen-bond acceptors (Lipinski definition) is 8. The molecule has 296 valence electrons. The van der Waals surface area contributed by atoms with Crippen molar-refractivity contribution in [1.29, 1.82) is 0 Å². The van der Waals surface area contributed by atoms with Gasteiger partial charge in [-0.05, 0) is 61.1 Å². The fourth-order valence-corrected chi connectivity index (χ4v) is 8.97. The van der Waals surface area contributed by atoms with Crippen LogP contribution in [0.1, 0.15) is 54.2 Å². The number of carbonyl (C=O) groups excluding carboxylic acids is 2. The first-order chi connectivity index (χ1) is 25.8. The molecule has 2 amide bonds. The minimum absolute atomic E-state index is 0.0449. The number of likely N-dealkylation sites (tertiary alicyclic amines) is 3. The Morgan fingerprint density at radius 3 is 2.24 bits per heavy atom. The highest BCUT2D eigenvalue weighted by Gasteiger charge is 2.57. The molecule has 1 N–H and O–H groups in total. The summed E-state index contributed by atoms with van der Waals surface area (Å²) >= 11 is 0. The van der Waals surface area contributed by atoms with Gasteiger partial charge in [-0.3, -0.25) is 19.3 Å². The van der Waals surface area contributed by atoms with Gasteiger partial charge in [-0.1, -0.05) is 18.2 Å². The lowest BCUT2D eigenvalue weighted by atomic mass is 9.85. The van der Waals surface area contributed by atoms with Crippen molar-refractivity contribution in [2.24, 2.45) is 11.8 Å². The van der Waals surface area contributed by atoms with E-state index >= 15 is 4.39 Å². The van der Waals surface area contributed by atoms with E-state index in [0.717, 1.165) is 25.0 Å². The molecule has 0 spiro atoms. The Morgan fingerprint density at radius 2 is 1.61 bits per heavy atom. The van der Waals surface area contributed by atoms with Crippen LogP contribution in [0.25, 0.3) is 0 Å². The van der Waals surface area contributed by atoms with Crippen molar-refractivity contribution >= 4 is 23.5 Å². The Kier molecular flexibility index (Phi) is 12.1. The van der Waals surface area contributed by atoms with Gasteiger partial charge in [0.1, 0.15) is 5.75 Å². The van der Waals surface area contributed by atoms with Crippen LogP contribution in [0.4, 0.5) is 23.2 Å². The molecule has 4 aliphatic heterocycles. The number of anilines is 1. The highest BCUT2D eigenvalue weighted by Crippen LogP contribution is 2.46. The molecule has 0 saturated carbocycles. The highest BCUT2D eigenvalue weighted by atomic mass is 19.4. The summed E-state index contributed by atoms with van der Waals surface area (Å²) in [5, 5.41) is 9.53. The van der Waals surface area contributed by atoms with Gasteiger partial charge in [0.25, 0.3) is 5.91 Å². The first-order valence-corrected chi connectivity index (χ1v) is 18.6. The van der Waals surface area contributed by atoms with E-state index in [1.54, 1.807) is 46.1 Å². The van der Waals surface area contributed by atoms with Crippen molar-refractivity contribution < 1.29 is 51.3 Å². The van der Waals surface area contributed by atoms with Crippen molar-refractivity contribution in [2.75, 3.05) is 91.8 Å². The van der Waals surface area contributed by atoms with E-state index in [-0.39, 0.29) is 83.1 Å². The maximum atomic E-state index is 17.8. The van der Waals surface area contributed by atoms with E-state index in [0.29, 0.717) is 35.7 Å². The van der Waals surface area contributed by atoms with Crippen LogP contribution >= 0.6 is 0 Å². The first-order valence-electron chi connectivity index (χ1n) is 18.6. The minimum atomic E-state index is -4.61. The third-order valence-corrected chi connectivity index (χ3v) is 11.8. The van der Waals surface area contributed by atoms with Crippen molar-refractivity contribution in [3.05, 3.63) is 59.2 Å². The molecule has 0 bridgehead atoms. The minimum Gasteiger partial charge on any atom is -0.497 e. The summed E-state index contributed by atoms with van der Waals surface area (Å²) < 4.78 is 76.1. The molecule has 0 unspecified atom stereocenters. The van der Waals surface area contributed by atoms with Crippen molar-refractivity contribution in [1.82, 2.24) is 14.7 Å². The van der Waals surface area contributed by atoms with Crippen LogP contribution < -0.4 is 9.64 Å². The quantitative estimate of drug-likeness (QED) is 0.309. The van der Waals surface area contributed by atoms with Gasteiger partial charge < -0.3 is 34.0 Å². The van der Waals surface area contributed by atoms with E-state index in [2.05, 4.69) is 0 Å². The molecule has 4 fully saturated rings. The van der Waals surface area contributed by atoms with Gasteiger partial charge in [0.15, 0.2) is 0 Å². The molecule has 11 nitrogen and oxygen atoms in total. The molecular formula is C39H50F4N4O7. The second-order valence-electron chi connectivity index (χ2n) is 15.1. The van der Waals surface area contributed by atoms with Gasteiger partial charge in [0, 0.05) is 83.5 Å². The predicted octanol–water partition coefficient (Wildman–Crippen LogP) is 4.65. The second-order valence-corrected chi connectivity index (χ2v) is 15.1. The summed E-state index contributed by atoms with van der Waals surface area (Å²) in [5.41, 5.74) is -1.76. The van der Waals surface area contributed by atoms with Crippen molar-refractivity contribution in [3.63, 3.8) is 0 Å². The number of ether oxygens (including phenoxy) is 3. The van der Waals surface area contributed by atoms with Crippen LogP contribution in [0.5, 0.6) is 5.75 Å². The average molecular weight is 763 g/mol. The number of carboxylic acid groups (broad SMARTS) is 1. The number of nitrogens with zero attached hydrogens (tertiary/aromatic N) is 4. The Morgan fingerprint density at radius 1 is 0.907 bits per heavy atom. The number of alkyl halides is 4. The molecule has 4 saturated heterocycles. The van der Waals surface area contributed by atoms with E-state index < -0.39 is 47.0 Å². The van der Waals surface area contributed by atoms with Gasteiger partial charge in [0.05, 0.1) is 44.4 Å². The third-order valence-electron chi connectivity index (χ3n) is 11.8. The summed E-state index contributed by atoms with van der Waals surface area (Å²) in [7, 11) is 4.62. The van der Waals surface area contributed by atoms with E-state index in [9.17, 15) is 32.7 Å². The molecule has 6 rings (SSSR count). The highest BCUT2D eigenvalue weighted by molar-refractivity contribution is 5.88. The summed E-state index contributed by atoms with van der Waals surface area (Å²) in [4.78, 5) is 46.5. The SMILES string of the molecule is COC[C@H]1CN(C(=O)[C@]2(F)CN(CC(=O)N3CCC[C@H]3COC)C[C@H]2c2ccc(OC)cc2)C[C@@H]1c1ccc(C(F)(F)F)cc1N1CCC(C(=O)O)CC1. The zero-order chi connectivity index (χ0) is 38.8. The second kappa shape index (κ2) is 16.4. The van der Waals surface area contributed by atoms with Gasteiger partial charge in [-0.15, -0.1) is 0 Å². The number of aliphatic carboxylic acids is 1. The standard InChI is InChI=1S/C39H50F4N4O7/c1-52-22-27-18-46(19-32(27)31-11-8-28(39(41,42)43)17-34(31)45-15-12-26(13-16-45)36(49)50)37(51)38(40)24-44(20-33(38)25-6-9-30(54-3)10-7-25)21-35(48)47-14-4-5-29(47)23-53-2/h6-11,17,26-27,29,32-33H,4-5,12-16,18-24H2,1-3H3,(H,49,50)/t27-,29+,32+,33+,38+/m1/s1. The number of amides is 2. The summed E-state index contributed by atoms with van der Waals surface area (Å²) in [6, 6.07) is 10.4. The van der Waals surface area contributed by atoms with Crippen LogP contribution in [0.2, 0.25) is 0 Å². The lowest BCUT2D eigenvalue weighted by Gasteiger charge is -2.35. The van der Waals surface area contributed by atoms with Crippen molar-refractivity contribution in [3.8, 4) is 5.75 Å². The Bertz CT molecular complexity index is 1650. The number of carbonyl (C=O) groups is 3. The van der Waals surface area contributed by atoms with Gasteiger partial charge in [-0.25, -0.2) is 4.39 Å². The average Bonchev–Trinajstić information content (AvgIpc) is 3.89. The normalized spacial score (nSPS) is 26.8.